The molecule has 0 radical (unpaired) electrons. The Kier molecular flexibility index (Phi) is 6.62. The number of hydrogen-bond acceptors (Lipinski definition) is 4. The summed E-state index contributed by atoms with van der Waals surface area (Å²) in [4.78, 5) is 17.3. The lowest BCUT2D eigenvalue weighted by Gasteiger charge is -2.17. The second-order valence-corrected chi connectivity index (χ2v) is 6.62. The van der Waals surface area contributed by atoms with E-state index in [0.29, 0.717) is 0 Å². The number of aromatic nitrogens is 1. The van der Waals surface area contributed by atoms with Crippen LogP contribution in [0.2, 0.25) is 0 Å². The van der Waals surface area contributed by atoms with Crippen LogP contribution in [0.15, 0.2) is 53.7 Å². The third-order valence-electron chi connectivity index (χ3n) is 3.81. The highest BCUT2D eigenvalue weighted by Gasteiger charge is 2.19. The van der Waals surface area contributed by atoms with Gasteiger partial charge in [-0.05, 0) is 41.8 Å². The second kappa shape index (κ2) is 8.70. The summed E-state index contributed by atoms with van der Waals surface area (Å²) in [6.45, 7) is 4.02. The minimum Gasteiger partial charge on any atom is -0.325 e. The van der Waals surface area contributed by atoms with Crippen molar-refractivity contribution in [1.29, 1.82) is 0 Å². The van der Waals surface area contributed by atoms with Crippen molar-refractivity contribution in [2.75, 3.05) is 5.32 Å². The Bertz CT molecular complexity index is 616. The molecule has 4 nitrogen and oxygen atoms in total. The number of benzene rings is 1. The van der Waals surface area contributed by atoms with Gasteiger partial charge in [-0.2, -0.15) is 0 Å². The number of carbonyl (C=O) groups excluding carboxylic acids is 1. The molecule has 0 saturated heterocycles. The number of amides is 1. The normalized spacial score (nSPS) is 13.3. The quantitative estimate of drug-likeness (QED) is 0.760. The average molecular weight is 329 g/mol. The lowest BCUT2D eigenvalue weighted by atomic mass is 9.99. The van der Waals surface area contributed by atoms with Gasteiger partial charge in [-0.25, -0.2) is 0 Å². The summed E-state index contributed by atoms with van der Waals surface area (Å²) in [6.07, 6.45) is 4.53. The highest BCUT2D eigenvalue weighted by atomic mass is 32.2. The van der Waals surface area contributed by atoms with Gasteiger partial charge in [0.15, 0.2) is 0 Å². The van der Waals surface area contributed by atoms with Gasteiger partial charge in [0.2, 0.25) is 5.91 Å². The van der Waals surface area contributed by atoms with Crippen LogP contribution in [0.4, 0.5) is 5.69 Å². The molecule has 0 spiro atoms. The molecule has 0 aliphatic rings. The van der Waals surface area contributed by atoms with Crippen molar-refractivity contribution in [3.05, 3.63) is 54.4 Å². The molecular weight excluding hydrogens is 306 g/mol. The summed E-state index contributed by atoms with van der Waals surface area (Å²) in [5.74, 6) is 0.915. The fourth-order valence-electron chi connectivity index (χ4n) is 2.02. The van der Waals surface area contributed by atoms with Gasteiger partial charge in [0, 0.05) is 28.7 Å². The lowest BCUT2D eigenvalue weighted by Crippen LogP contribution is -2.40. The summed E-state index contributed by atoms with van der Waals surface area (Å²) in [5, 5.41) is 2.87. The highest BCUT2D eigenvalue weighted by Crippen LogP contribution is 2.24. The van der Waals surface area contributed by atoms with E-state index < -0.39 is 6.04 Å². The molecule has 1 aromatic heterocycles. The van der Waals surface area contributed by atoms with Crippen LogP contribution in [0.3, 0.4) is 0 Å². The zero-order chi connectivity index (χ0) is 16.7. The summed E-state index contributed by atoms with van der Waals surface area (Å²) in [5.41, 5.74) is 7.91. The van der Waals surface area contributed by atoms with Crippen LogP contribution in [-0.4, -0.2) is 16.9 Å². The van der Waals surface area contributed by atoms with Gasteiger partial charge in [-0.3, -0.25) is 9.78 Å². The second-order valence-electron chi connectivity index (χ2n) is 5.57. The number of rotatable bonds is 7. The van der Waals surface area contributed by atoms with Crippen molar-refractivity contribution in [1.82, 2.24) is 4.98 Å². The first-order chi connectivity index (χ1) is 11.1. The van der Waals surface area contributed by atoms with Gasteiger partial charge >= 0.3 is 0 Å². The maximum absolute atomic E-state index is 12.1. The van der Waals surface area contributed by atoms with Crippen molar-refractivity contribution >= 4 is 23.4 Å². The van der Waals surface area contributed by atoms with Crippen molar-refractivity contribution in [2.24, 2.45) is 11.7 Å². The Hall–Kier alpha value is -1.85. The molecule has 1 aromatic carbocycles. The topological polar surface area (TPSA) is 68.0 Å². The first-order valence-corrected chi connectivity index (χ1v) is 8.77. The van der Waals surface area contributed by atoms with Crippen LogP contribution in [-0.2, 0) is 10.5 Å². The molecule has 2 unspecified atom stereocenters. The van der Waals surface area contributed by atoms with Crippen molar-refractivity contribution in [3.8, 4) is 0 Å². The Balaban J connectivity index is 1.88. The predicted octanol–water partition coefficient (Wildman–Crippen LogP) is 3.69. The van der Waals surface area contributed by atoms with E-state index in [-0.39, 0.29) is 11.8 Å². The van der Waals surface area contributed by atoms with Gasteiger partial charge in [0.1, 0.15) is 0 Å². The van der Waals surface area contributed by atoms with E-state index in [1.807, 2.05) is 50.4 Å². The average Bonchev–Trinajstić information content (AvgIpc) is 2.60. The summed E-state index contributed by atoms with van der Waals surface area (Å²) in [6, 6.07) is 11.4. The van der Waals surface area contributed by atoms with E-state index in [0.717, 1.165) is 22.8 Å². The van der Waals surface area contributed by atoms with Crippen LogP contribution in [0.5, 0.6) is 0 Å². The number of nitrogens with one attached hydrogen (secondary N) is 1. The van der Waals surface area contributed by atoms with E-state index >= 15 is 0 Å². The summed E-state index contributed by atoms with van der Waals surface area (Å²) < 4.78 is 0. The molecule has 2 atom stereocenters. The fourth-order valence-corrected chi connectivity index (χ4v) is 2.86. The molecule has 0 aliphatic carbocycles. The van der Waals surface area contributed by atoms with Crippen LogP contribution in [0.1, 0.15) is 25.8 Å². The van der Waals surface area contributed by atoms with E-state index in [4.69, 9.17) is 5.73 Å². The number of nitrogens with zero attached hydrogens (tertiary/aromatic N) is 1. The summed E-state index contributed by atoms with van der Waals surface area (Å²) >= 11 is 1.74. The van der Waals surface area contributed by atoms with Crippen molar-refractivity contribution in [3.63, 3.8) is 0 Å². The number of pyridine rings is 1. The van der Waals surface area contributed by atoms with Gasteiger partial charge in [-0.1, -0.05) is 26.3 Å². The van der Waals surface area contributed by atoms with Crippen LogP contribution in [0, 0.1) is 5.92 Å². The molecule has 2 aromatic rings. The molecule has 2 rings (SSSR count). The molecule has 3 N–H and O–H groups in total. The molecule has 5 heteroatoms. The van der Waals surface area contributed by atoms with Crippen molar-refractivity contribution < 1.29 is 4.79 Å². The number of hydrogen-bond donors (Lipinski definition) is 2. The highest BCUT2D eigenvalue weighted by molar-refractivity contribution is 7.98. The minimum absolute atomic E-state index is 0.130. The number of anilines is 1. The molecular formula is C18H23N3OS. The number of nitrogens with two attached hydrogens (primary N) is 1. The molecule has 122 valence electrons. The van der Waals surface area contributed by atoms with Gasteiger partial charge in [0.05, 0.1) is 6.04 Å². The maximum Gasteiger partial charge on any atom is 0.241 e. The lowest BCUT2D eigenvalue weighted by molar-refractivity contribution is -0.118. The monoisotopic (exact) mass is 329 g/mol. The largest absolute Gasteiger partial charge is 0.325 e. The van der Waals surface area contributed by atoms with Gasteiger partial charge in [-0.15, -0.1) is 11.8 Å². The fraction of sp³-hybridized carbons (Fsp3) is 0.333. The van der Waals surface area contributed by atoms with Gasteiger partial charge in [0.25, 0.3) is 0 Å². The SMILES string of the molecule is CCC(C)C(N)C(=O)Nc1ccc(SCc2cccnc2)cc1. The molecule has 0 fully saturated rings. The van der Waals surface area contributed by atoms with E-state index in [2.05, 4.69) is 16.4 Å². The standard InChI is InChI=1S/C18H23N3OS/c1-3-13(2)17(19)18(22)21-15-6-8-16(9-7-15)23-12-14-5-4-10-20-11-14/h4-11,13,17H,3,12,19H2,1-2H3,(H,21,22). The van der Waals surface area contributed by atoms with Crippen molar-refractivity contribution in [2.45, 2.75) is 37.0 Å². The third-order valence-corrected chi connectivity index (χ3v) is 4.89. The molecule has 0 bridgehead atoms. The molecule has 1 amide bonds. The first kappa shape index (κ1) is 17.5. The number of carbonyl (C=O) groups is 1. The predicted molar refractivity (Wildman–Crippen MR) is 96.3 cm³/mol. The first-order valence-electron chi connectivity index (χ1n) is 7.78. The maximum atomic E-state index is 12.1. The van der Waals surface area contributed by atoms with E-state index in [1.54, 1.807) is 18.0 Å². The Morgan fingerprint density at radius 1 is 1.30 bits per heavy atom. The van der Waals surface area contributed by atoms with Crippen LogP contribution < -0.4 is 11.1 Å². The van der Waals surface area contributed by atoms with Crippen LogP contribution in [0.25, 0.3) is 0 Å². The molecule has 0 saturated carbocycles. The molecule has 0 aliphatic heterocycles. The summed E-state index contributed by atoms with van der Waals surface area (Å²) in [7, 11) is 0. The molecule has 23 heavy (non-hydrogen) atoms. The van der Waals surface area contributed by atoms with E-state index in [1.165, 1.54) is 5.56 Å². The van der Waals surface area contributed by atoms with E-state index in [9.17, 15) is 4.79 Å². The Morgan fingerprint density at radius 2 is 2.04 bits per heavy atom. The molecule has 1 heterocycles. The van der Waals surface area contributed by atoms with Gasteiger partial charge < -0.3 is 11.1 Å². The smallest absolute Gasteiger partial charge is 0.241 e. The Morgan fingerprint density at radius 3 is 2.65 bits per heavy atom. The minimum atomic E-state index is -0.473. The number of thioether (sulfide) groups is 1. The van der Waals surface area contributed by atoms with Crippen LogP contribution >= 0.6 is 11.8 Å². The third kappa shape index (κ3) is 5.37. The zero-order valence-electron chi connectivity index (χ0n) is 13.5. The Labute approximate surface area is 141 Å². The zero-order valence-corrected chi connectivity index (χ0v) is 14.3.